The average molecular weight is 262 g/mol. The maximum Gasteiger partial charge on any atom is 0.140 e. The van der Waals surface area contributed by atoms with Crippen molar-refractivity contribution >= 4 is 5.78 Å². The standard InChI is InChI=1S/C17H26O2/c1-11-14-8-9-17(10-14,12(2)15(11)18)16(19)13-6-4-3-5-7-13/h8-9,11-14,16,19H,3-7,10H2,1-2H3/t11-,12-,14+,16+,17-/m1/s1. The summed E-state index contributed by atoms with van der Waals surface area (Å²) < 4.78 is 0. The molecule has 2 bridgehead atoms. The minimum Gasteiger partial charge on any atom is -0.392 e. The van der Waals surface area contributed by atoms with Gasteiger partial charge in [-0.15, -0.1) is 0 Å². The van der Waals surface area contributed by atoms with Gasteiger partial charge >= 0.3 is 0 Å². The molecule has 0 aliphatic heterocycles. The van der Waals surface area contributed by atoms with Gasteiger partial charge in [0.2, 0.25) is 0 Å². The van der Waals surface area contributed by atoms with Gasteiger partial charge in [0, 0.05) is 17.3 Å². The minimum absolute atomic E-state index is 0.0190. The zero-order valence-corrected chi connectivity index (χ0v) is 12.1. The summed E-state index contributed by atoms with van der Waals surface area (Å²) in [6.45, 7) is 4.09. The van der Waals surface area contributed by atoms with E-state index < -0.39 is 0 Å². The second-order valence-electron chi connectivity index (χ2n) is 7.10. The molecule has 0 aromatic rings. The number of allylic oxidation sites excluding steroid dienone is 1. The summed E-state index contributed by atoms with van der Waals surface area (Å²) in [7, 11) is 0. The van der Waals surface area contributed by atoms with Crippen LogP contribution in [0.4, 0.5) is 0 Å². The molecule has 2 fully saturated rings. The highest BCUT2D eigenvalue weighted by Gasteiger charge is 2.55. The monoisotopic (exact) mass is 262 g/mol. The number of hydrogen-bond acceptors (Lipinski definition) is 2. The zero-order valence-electron chi connectivity index (χ0n) is 12.1. The van der Waals surface area contributed by atoms with E-state index >= 15 is 0 Å². The van der Waals surface area contributed by atoms with Crippen LogP contribution in [0.5, 0.6) is 0 Å². The largest absolute Gasteiger partial charge is 0.392 e. The Morgan fingerprint density at radius 1 is 1.26 bits per heavy atom. The van der Waals surface area contributed by atoms with E-state index in [1.54, 1.807) is 0 Å². The fourth-order valence-electron chi connectivity index (χ4n) is 4.75. The van der Waals surface area contributed by atoms with Crippen molar-refractivity contribution in [1.82, 2.24) is 0 Å². The van der Waals surface area contributed by atoms with Gasteiger partial charge in [0.15, 0.2) is 0 Å². The SMILES string of the molecule is C[C@@H]1C(=O)[C@H](C)[C@H]2C=C[C@@]1([C@@H](O)C1CCCCC1)C2. The molecule has 2 heteroatoms. The molecular formula is C17H26O2. The molecule has 2 saturated carbocycles. The summed E-state index contributed by atoms with van der Waals surface area (Å²) in [5, 5.41) is 10.9. The highest BCUT2D eigenvalue weighted by atomic mass is 16.3. The molecule has 1 N–H and O–H groups in total. The normalized spacial score (nSPS) is 44.6. The molecule has 3 aliphatic carbocycles. The topological polar surface area (TPSA) is 37.3 Å². The highest BCUT2D eigenvalue weighted by molar-refractivity contribution is 5.86. The van der Waals surface area contributed by atoms with E-state index in [1.807, 2.05) is 6.92 Å². The van der Waals surface area contributed by atoms with Crippen LogP contribution in [0.2, 0.25) is 0 Å². The molecule has 2 nitrogen and oxygen atoms in total. The number of ketones is 1. The minimum atomic E-state index is -0.319. The number of carbonyl (C=O) groups excluding carboxylic acids is 1. The van der Waals surface area contributed by atoms with E-state index in [4.69, 9.17) is 0 Å². The number of aliphatic hydroxyl groups is 1. The van der Waals surface area contributed by atoms with Crippen molar-refractivity contribution in [2.75, 3.05) is 0 Å². The van der Waals surface area contributed by atoms with E-state index in [1.165, 1.54) is 19.3 Å². The van der Waals surface area contributed by atoms with Gasteiger partial charge in [0.25, 0.3) is 0 Å². The van der Waals surface area contributed by atoms with Gasteiger partial charge in [0.05, 0.1) is 6.10 Å². The molecule has 0 amide bonds. The number of rotatable bonds is 2. The third-order valence-electron chi connectivity index (χ3n) is 6.21. The number of hydrogen-bond donors (Lipinski definition) is 1. The molecule has 5 atom stereocenters. The fourth-order valence-corrected chi connectivity index (χ4v) is 4.75. The van der Waals surface area contributed by atoms with Gasteiger partial charge in [-0.3, -0.25) is 4.79 Å². The summed E-state index contributed by atoms with van der Waals surface area (Å²) in [6, 6.07) is 0. The summed E-state index contributed by atoms with van der Waals surface area (Å²) in [4.78, 5) is 12.4. The lowest BCUT2D eigenvalue weighted by atomic mass is 9.58. The van der Waals surface area contributed by atoms with Crippen molar-refractivity contribution in [3.63, 3.8) is 0 Å². The Balaban J connectivity index is 1.86. The predicted molar refractivity (Wildman–Crippen MR) is 75.6 cm³/mol. The molecule has 0 saturated heterocycles. The van der Waals surface area contributed by atoms with E-state index in [0.717, 1.165) is 19.3 Å². The first kappa shape index (κ1) is 13.4. The first-order valence-corrected chi connectivity index (χ1v) is 7.97. The van der Waals surface area contributed by atoms with Crippen molar-refractivity contribution in [1.29, 1.82) is 0 Å². The first-order valence-electron chi connectivity index (χ1n) is 7.97. The van der Waals surface area contributed by atoms with Gasteiger partial charge in [0.1, 0.15) is 5.78 Å². The molecule has 3 rings (SSSR count). The summed E-state index contributed by atoms with van der Waals surface area (Å²) in [5.74, 6) is 1.24. The van der Waals surface area contributed by atoms with E-state index in [9.17, 15) is 9.90 Å². The molecule has 0 radical (unpaired) electrons. The molecule has 19 heavy (non-hydrogen) atoms. The lowest BCUT2D eigenvalue weighted by molar-refractivity contribution is -0.141. The molecule has 106 valence electrons. The Labute approximate surface area is 116 Å². The van der Waals surface area contributed by atoms with Crippen LogP contribution in [-0.4, -0.2) is 17.0 Å². The van der Waals surface area contributed by atoms with Crippen molar-refractivity contribution in [3.05, 3.63) is 12.2 Å². The Morgan fingerprint density at radius 2 is 1.95 bits per heavy atom. The molecule has 0 aromatic heterocycles. The maximum absolute atomic E-state index is 12.4. The fraction of sp³-hybridized carbons (Fsp3) is 0.824. The molecule has 0 heterocycles. The van der Waals surface area contributed by atoms with Crippen LogP contribution in [0.25, 0.3) is 0 Å². The van der Waals surface area contributed by atoms with Crippen LogP contribution < -0.4 is 0 Å². The highest BCUT2D eigenvalue weighted by Crippen LogP contribution is 2.55. The van der Waals surface area contributed by atoms with Crippen molar-refractivity contribution in [3.8, 4) is 0 Å². The van der Waals surface area contributed by atoms with Crippen LogP contribution in [0.3, 0.4) is 0 Å². The van der Waals surface area contributed by atoms with Crippen LogP contribution in [0.1, 0.15) is 52.4 Å². The average Bonchev–Trinajstić information content (AvgIpc) is 2.87. The molecular weight excluding hydrogens is 236 g/mol. The summed E-state index contributed by atoms with van der Waals surface area (Å²) in [6.07, 6.45) is 11.1. The van der Waals surface area contributed by atoms with Crippen LogP contribution in [0.15, 0.2) is 12.2 Å². The Bertz CT molecular complexity index is 394. The molecule has 0 spiro atoms. The second kappa shape index (κ2) is 4.73. The van der Waals surface area contributed by atoms with Gasteiger partial charge < -0.3 is 5.11 Å². The second-order valence-corrected chi connectivity index (χ2v) is 7.10. The lowest BCUT2D eigenvalue weighted by Crippen LogP contribution is -2.50. The number of Topliss-reactive ketones (excluding diaryl/α,β-unsaturated/α-hetero) is 1. The zero-order chi connectivity index (χ0) is 13.6. The van der Waals surface area contributed by atoms with Crippen molar-refractivity contribution in [2.24, 2.45) is 29.1 Å². The molecule has 0 unspecified atom stereocenters. The van der Waals surface area contributed by atoms with Crippen molar-refractivity contribution < 1.29 is 9.90 Å². The number of fused-ring (bicyclic) bond motifs is 2. The summed E-state index contributed by atoms with van der Waals surface area (Å²) in [5.41, 5.74) is -0.254. The van der Waals surface area contributed by atoms with Gasteiger partial charge in [-0.05, 0) is 31.1 Å². The Kier molecular flexibility index (Phi) is 3.33. The van der Waals surface area contributed by atoms with E-state index in [2.05, 4.69) is 19.1 Å². The third-order valence-corrected chi connectivity index (χ3v) is 6.21. The predicted octanol–water partition coefficient (Wildman–Crippen LogP) is 3.35. The Hall–Kier alpha value is -0.630. The lowest BCUT2D eigenvalue weighted by Gasteiger charge is -2.46. The van der Waals surface area contributed by atoms with E-state index in [-0.39, 0.29) is 23.4 Å². The van der Waals surface area contributed by atoms with Crippen LogP contribution >= 0.6 is 0 Å². The van der Waals surface area contributed by atoms with Gasteiger partial charge in [-0.25, -0.2) is 0 Å². The van der Waals surface area contributed by atoms with Crippen LogP contribution in [-0.2, 0) is 4.79 Å². The number of aliphatic hydroxyl groups excluding tert-OH is 1. The van der Waals surface area contributed by atoms with Crippen LogP contribution in [0, 0.1) is 29.1 Å². The maximum atomic E-state index is 12.4. The molecule has 3 aliphatic rings. The quantitative estimate of drug-likeness (QED) is 0.775. The smallest absolute Gasteiger partial charge is 0.140 e. The van der Waals surface area contributed by atoms with Gasteiger partial charge in [-0.2, -0.15) is 0 Å². The van der Waals surface area contributed by atoms with E-state index in [0.29, 0.717) is 17.6 Å². The van der Waals surface area contributed by atoms with Gasteiger partial charge in [-0.1, -0.05) is 45.3 Å². The van der Waals surface area contributed by atoms with Crippen molar-refractivity contribution in [2.45, 2.75) is 58.5 Å². The summed E-state index contributed by atoms with van der Waals surface area (Å²) >= 11 is 0. The first-order chi connectivity index (χ1) is 9.06. The number of carbonyl (C=O) groups is 1. The Morgan fingerprint density at radius 3 is 2.63 bits per heavy atom. The molecule has 0 aromatic carbocycles. The third kappa shape index (κ3) is 1.91.